The quantitative estimate of drug-likeness (QED) is 0.310. The van der Waals surface area contributed by atoms with Gasteiger partial charge in [0.2, 0.25) is 0 Å². The Morgan fingerprint density at radius 1 is 0.714 bits per heavy atom. The number of unbranched alkanes of at least 4 members (excludes halogenated alkanes) is 1. The van der Waals surface area contributed by atoms with Crippen molar-refractivity contribution < 1.29 is 66.6 Å². The van der Waals surface area contributed by atoms with Gasteiger partial charge in [0.15, 0.2) is 0 Å². The molecule has 0 spiro atoms. The number of ether oxygens (including phenoxy) is 1. The fourth-order valence-electron chi connectivity index (χ4n) is 1.65. The Balaban J connectivity index is 5.59. The second-order valence-electron chi connectivity index (χ2n) is 5.57. The Hall–Kier alpha value is -1.44. The Morgan fingerprint density at radius 2 is 1.14 bits per heavy atom. The predicted octanol–water partition coefficient (Wildman–Crippen LogP) is 5.85. The fourth-order valence-corrected chi connectivity index (χ4v) is 1.65. The minimum Gasteiger partial charge on any atom is -0.465 e. The van der Waals surface area contributed by atoms with Gasteiger partial charge in [-0.2, -0.15) is 57.1 Å². The van der Waals surface area contributed by atoms with Gasteiger partial charge in [-0.1, -0.05) is 13.3 Å². The van der Waals surface area contributed by atoms with E-state index in [4.69, 9.17) is 0 Å². The van der Waals surface area contributed by atoms with Gasteiger partial charge in [0.1, 0.15) is 0 Å². The van der Waals surface area contributed by atoms with Gasteiger partial charge < -0.3 is 4.74 Å². The maximum absolute atomic E-state index is 13.3. The molecule has 2 nitrogen and oxygen atoms in total. The molecule has 0 fully saturated rings. The minimum absolute atomic E-state index is 0.169. The van der Waals surface area contributed by atoms with E-state index in [1.165, 1.54) is 0 Å². The molecule has 28 heavy (non-hydrogen) atoms. The highest BCUT2D eigenvalue weighted by atomic mass is 19.4. The molecule has 0 saturated carbocycles. The zero-order chi connectivity index (χ0) is 22.8. The van der Waals surface area contributed by atoms with Gasteiger partial charge in [-0.3, -0.25) is 4.79 Å². The Morgan fingerprint density at radius 3 is 1.54 bits per heavy atom. The van der Waals surface area contributed by atoms with Gasteiger partial charge in [0, 0.05) is 6.42 Å². The lowest BCUT2D eigenvalue weighted by molar-refractivity contribution is -0.440. The molecule has 0 aliphatic carbocycles. The van der Waals surface area contributed by atoms with Crippen LogP contribution in [0, 0.1) is 0 Å². The molecule has 0 aromatic heterocycles. The van der Waals surface area contributed by atoms with Crippen molar-refractivity contribution in [2.45, 2.75) is 68.4 Å². The van der Waals surface area contributed by atoms with E-state index in [0.29, 0.717) is 6.42 Å². The number of alkyl halides is 13. The molecule has 15 heteroatoms. The summed E-state index contributed by atoms with van der Waals surface area (Å²) in [6, 6.07) is 0. The van der Waals surface area contributed by atoms with Crippen LogP contribution in [0.3, 0.4) is 0 Å². The highest BCUT2D eigenvalue weighted by Gasteiger charge is 2.90. The molecule has 0 atom stereocenters. The molecule has 0 N–H and O–H groups in total. The number of hydrogen-bond acceptors (Lipinski definition) is 2. The average molecular weight is 448 g/mol. The molecule has 0 radical (unpaired) electrons. The minimum atomic E-state index is -7.93. The van der Waals surface area contributed by atoms with Crippen LogP contribution in [0.4, 0.5) is 57.1 Å². The average Bonchev–Trinajstić information content (AvgIpc) is 2.50. The maximum atomic E-state index is 13.3. The summed E-state index contributed by atoms with van der Waals surface area (Å²) in [4.78, 5) is 11.0. The Bertz CT molecular complexity index is 539. The molecule has 0 aliphatic heterocycles. The third-order valence-corrected chi connectivity index (χ3v) is 3.41. The Labute approximate surface area is 149 Å². The summed E-state index contributed by atoms with van der Waals surface area (Å²) in [5, 5.41) is 0. The first-order chi connectivity index (χ1) is 12.2. The Kier molecular flexibility index (Phi) is 7.71. The van der Waals surface area contributed by atoms with E-state index in [2.05, 4.69) is 4.74 Å². The van der Waals surface area contributed by atoms with E-state index in [0.717, 1.165) is 0 Å². The first-order valence-electron chi connectivity index (χ1n) is 7.32. The topological polar surface area (TPSA) is 26.3 Å². The molecular weight excluding hydrogens is 435 g/mol. The lowest BCUT2D eigenvalue weighted by Crippen LogP contribution is -2.70. The molecule has 0 amide bonds. The van der Waals surface area contributed by atoms with E-state index >= 15 is 0 Å². The largest absolute Gasteiger partial charge is 0.465 e. The molecule has 0 heterocycles. The van der Waals surface area contributed by atoms with Crippen LogP contribution in [0.1, 0.15) is 32.6 Å². The van der Waals surface area contributed by atoms with Crippen LogP contribution in [-0.2, 0) is 9.53 Å². The molecule has 0 aromatic carbocycles. The molecular formula is C13H13F13O2. The first kappa shape index (κ1) is 26.6. The summed E-state index contributed by atoms with van der Waals surface area (Å²) in [6.45, 7) is -0.122. The highest BCUT2D eigenvalue weighted by molar-refractivity contribution is 5.69. The van der Waals surface area contributed by atoms with Gasteiger partial charge in [-0.05, 0) is 6.42 Å². The smallest absolute Gasteiger partial charge is 0.460 e. The van der Waals surface area contributed by atoms with Crippen LogP contribution in [-0.4, -0.2) is 48.4 Å². The first-order valence-corrected chi connectivity index (χ1v) is 7.32. The normalized spacial score (nSPS) is 14.9. The maximum Gasteiger partial charge on any atom is 0.460 e. The fraction of sp³-hybridized carbons (Fsp3) is 0.923. The number of esters is 1. The van der Waals surface area contributed by atoms with Gasteiger partial charge in [0.05, 0.1) is 13.0 Å². The van der Waals surface area contributed by atoms with Crippen molar-refractivity contribution in [2.75, 3.05) is 6.61 Å². The van der Waals surface area contributed by atoms with Crippen LogP contribution < -0.4 is 0 Å². The number of carbonyl (C=O) groups excluding carboxylic acids is 1. The molecule has 0 unspecified atom stereocenters. The summed E-state index contributed by atoms with van der Waals surface area (Å²) in [7, 11) is 0. The van der Waals surface area contributed by atoms with Gasteiger partial charge in [-0.15, -0.1) is 0 Å². The molecule has 0 aromatic rings. The second-order valence-corrected chi connectivity index (χ2v) is 5.57. The van der Waals surface area contributed by atoms with E-state index in [1.807, 2.05) is 0 Å². The van der Waals surface area contributed by atoms with Gasteiger partial charge >= 0.3 is 41.8 Å². The standard InChI is InChI=1S/C13H13F13O2/c1-2-3-4-7(27)28-6-5-8(14,15)9(16,17)10(18,19)11(20,21)12(22,23)13(24,25)26/h2-6H2,1H3. The van der Waals surface area contributed by atoms with Crippen molar-refractivity contribution in [2.24, 2.45) is 0 Å². The van der Waals surface area contributed by atoms with Crippen LogP contribution in [0.15, 0.2) is 0 Å². The third-order valence-electron chi connectivity index (χ3n) is 3.41. The predicted molar refractivity (Wildman–Crippen MR) is 65.9 cm³/mol. The van der Waals surface area contributed by atoms with Crippen molar-refractivity contribution in [3.05, 3.63) is 0 Å². The van der Waals surface area contributed by atoms with Crippen LogP contribution in [0.25, 0.3) is 0 Å². The number of rotatable bonds is 10. The monoisotopic (exact) mass is 448 g/mol. The molecule has 0 aliphatic rings. The lowest BCUT2D eigenvalue weighted by Gasteiger charge is -2.39. The number of halogens is 13. The van der Waals surface area contributed by atoms with Gasteiger partial charge in [-0.25, -0.2) is 0 Å². The summed E-state index contributed by atoms with van der Waals surface area (Å²) >= 11 is 0. The number of hydrogen-bond donors (Lipinski definition) is 0. The summed E-state index contributed by atoms with van der Waals surface area (Å²) in [5.74, 6) is -38.3. The zero-order valence-electron chi connectivity index (χ0n) is 13.8. The summed E-state index contributed by atoms with van der Waals surface area (Å²) in [6.07, 6.45) is -9.79. The highest BCUT2D eigenvalue weighted by Crippen LogP contribution is 2.60. The number of carbonyl (C=O) groups is 1. The lowest BCUT2D eigenvalue weighted by atomic mass is 9.93. The molecule has 0 rings (SSSR count). The van der Waals surface area contributed by atoms with Crippen molar-refractivity contribution in [3.8, 4) is 0 Å². The van der Waals surface area contributed by atoms with Gasteiger partial charge in [0.25, 0.3) is 0 Å². The van der Waals surface area contributed by atoms with Crippen LogP contribution in [0.5, 0.6) is 0 Å². The molecule has 0 saturated heterocycles. The van der Waals surface area contributed by atoms with Crippen molar-refractivity contribution in [3.63, 3.8) is 0 Å². The third kappa shape index (κ3) is 4.58. The summed E-state index contributed by atoms with van der Waals surface area (Å²) < 4.78 is 170. The van der Waals surface area contributed by atoms with E-state index < -0.39 is 54.8 Å². The zero-order valence-corrected chi connectivity index (χ0v) is 13.8. The molecule has 168 valence electrons. The summed E-state index contributed by atoms with van der Waals surface area (Å²) in [5.41, 5.74) is 0. The van der Waals surface area contributed by atoms with E-state index in [9.17, 15) is 61.9 Å². The molecule has 0 bridgehead atoms. The van der Waals surface area contributed by atoms with E-state index in [1.54, 1.807) is 6.92 Å². The van der Waals surface area contributed by atoms with Crippen LogP contribution in [0.2, 0.25) is 0 Å². The van der Waals surface area contributed by atoms with Crippen molar-refractivity contribution in [1.82, 2.24) is 0 Å². The SMILES string of the molecule is CCCCC(=O)OCCC(F)(F)C(F)(F)C(F)(F)C(F)(F)C(F)(F)C(F)(F)F. The van der Waals surface area contributed by atoms with Crippen molar-refractivity contribution >= 4 is 5.97 Å². The van der Waals surface area contributed by atoms with E-state index in [-0.39, 0.29) is 12.8 Å². The van der Waals surface area contributed by atoms with Crippen molar-refractivity contribution in [1.29, 1.82) is 0 Å². The second kappa shape index (κ2) is 8.13. The van der Waals surface area contributed by atoms with Crippen LogP contribution >= 0.6 is 0 Å².